The van der Waals surface area contributed by atoms with Gasteiger partial charge in [-0.1, -0.05) is 186 Å². The Morgan fingerprint density at radius 1 is 0.375 bits per heavy atom. The molecule has 0 aromatic heterocycles. The first kappa shape index (κ1) is 48.5. The Balaban J connectivity index is 2.61. The summed E-state index contributed by atoms with van der Waals surface area (Å²) in [6.07, 6.45) is 24.0. The summed E-state index contributed by atoms with van der Waals surface area (Å²) in [5.74, 6) is -3.22. The minimum Gasteiger partial charge on any atom is -0.462 e. The smallest absolute Gasteiger partial charge is 0.339 e. The normalized spacial score (nSPS) is 11.0. The van der Waals surface area contributed by atoms with Gasteiger partial charge >= 0.3 is 23.9 Å². The van der Waals surface area contributed by atoms with Crippen LogP contribution < -0.4 is 0 Å². The first-order chi connectivity index (χ1) is 27.4. The zero-order valence-corrected chi connectivity index (χ0v) is 35.5. The van der Waals surface area contributed by atoms with E-state index in [0.29, 0.717) is 36.8 Å². The van der Waals surface area contributed by atoms with Gasteiger partial charge < -0.3 is 18.9 Å². The molecule has 0 N–H and O–H groups in total. The van der Waals surface area contributed by atoms with Gasteiger partial charge in [0.05, 0.1) is 48.7 Å². The summed E-state index contributed by atoms with van der Waals surface area (Å²) in [6.45, 7) is 9.20. The van der Waals surface area contributed by atoms with Crippen molar-refractivity contribution in [3.8, 4) is 11.1 Å². The van der Waals surface area contributed by atoms with Crippen LogP contribution in [0.5, 0.6) is 0 Å². The van der Waals surface area contributed by atoms with Crippen LogP contribution in [0.3, 0.4) is 0 Å². The van der Waals surface area contributed by atoms with E-state index in [1.165, 1.54) is 6.07 Å². The first-order valence-corrected chi connectivity index (χ1v) is 22.4. The van der Waals surface area contributed by atoms with Crippen molar-refractivity contribution in [1.29, 1.82) is 0 Å². The topological polar surface area (TPSA) is 105 Å². The zero-order chi connectivity index (χ0) is 40.6. The highest BCUT2D eigenvalue weighted by atomic mass is 16.5. The predicted octanol–water partition coefficient (Wildman–Crippen LogP) is 13.4. The third-order valence-electron chi connectivity index (χ3n) is 10.2. The van der Waals surface area contributed by atoms with Gasteiger partial charge in [-0.3, -0.25) is 0 Å². The molecule has 0 spiro atoms. The molecule has 56 heavy (non-hydrogen) atoms. The number of esters is 4. The fourth-order valence-corrected chi connectivity index (χ4v) is 6.80. The van der Waals surface area contributed by atoms with Gasteiger partial charge in [-0.05, 0) is 42.9 Å². The lowest BCUT2D eigenvalue weighted by Crippen LogP contribution is -2.25. The van der Waals surface area contributed by atoms with E-state index in [1.54, 1.807) is 12.1 Å². The van der Waals surface area contributed by atoms with Crippen LogP contribution in [0.15, 0.2) is 36.4 Å². The summed E-state index contributed by atoms with van der Waals surface area (Å²) in [4.78, 5) is 56.8. The van der Waals surface area contributed by atoms with Gasteiger partial charge in [-0.15, -0.1) is 0 Å². The second-order valence-corrected chi connectivity index (χ2v) is 15.1. The van der Waals surface area contributed by atoms with Gasteiger partial charge in [-0.25, -0.2) is 19.2 Å². The van der Waals surface area contributed by atoms with Crippen molar-refractivity contribution in [2.45, 2.75) is 182 Å². The molecule has 8 nitrogen and oxygen atoms in total. The number of carbonyl (C=O) groups excluding carboxylic acids is 4. The second-order valence-electron chi connectivity index (χ2n) is 15.1. The lowest BCUT2D eigenvalue weighted by atomic mass is 9.88. The molecule has 0 saturated carbocycles. The monoisotopic (exact) mass is 779 g/mol. The predicted molar refractivity (Wildman–Crippen MR) is 227 cm³/mol. The van der Waals surface area contributed by atoms with Crippen molar-refractivity contribution in [2.24, 2.45) is 0 Å². The molecule has 314 valence electrons. The van der Waals surface area contributed by atoms with Crippen molar-refractivity contribution >= 4 is 23.9 Å². The summed E-state index contributed by atoms with van der Waals surface area (Å²) in [6, 6.07) is 10.6. The molecule has 8 heteroatoms. The van der Waals surface area contributed by atoms with E-state index in [1.807, 2.05) is 18.2 Å². The summed E-state index contributed by atoms with van der Waals surface area (Å²) in [5, 5.41) is 0. The highest BCUT2D eigenvalue weighted by Crippen LogP contribution is 2.34. The molecule has 0 atom stereocenters. The SMILES string of the molecule is CCCCCCCCOC(=O)c1cc(-c2ccccc2)c(C(=O)OCCCCCCCC)c(C(=O)OCCCCCCCC)c1C(=O)OCCCCCCCC. The van der Waals surface area contributed by atoms with E-state index in [-0.39, 0.29) is 48.7 Å². The molecule has 0 bridgehead atoms. The van der Waals surface area contributed by atoms with Gasteiger partial charge in [0.2, 0.25) is 0 Å². The largest absolute Gasteiger partial charge is 0.462 e. The Bertz CT molecular complexity index is 1390. The number of hydrogen-bond acceptors (Lipinski definition) is 8. The minimum atomic E-state index is -0.862. The molecule has 0 radical (unpaired) electrons. The molecule has 2 rings (SSSR count). The Morgan fingerprint density at radius 2 is 0.696 bits per heavy atom. The van der Waals surface area contributed by atoms with Crippen molar-refractivity contribution in [2.75, 3.05) is 26.4 Å². The summed E-state index contributed by atoms with van der Waals surface area (Å²) in [5.41, 5.74) is 0.0497. The van der Waals surface area contributed by atoms with E-state index in [2.05, 4.69) is 27.7 Å². The van der Waals surface area contributed by atoms with E-state index in [4.69, 9.17) is 18.9 Å². The standard InChI is InChI=1S/C48H74O8/c1-5-9-13-17-21-28-34-53-45(49)41-38-40(39-32-26-25-27-33-39)42(46(50)54-35-29-22-18-14-10-6-2)44(48(52)56-37-31-24-20-16-12-8-4)43(41)47(51)55-36-30-23-19-15-11-7-3/h25-27,32-33,38H,5-24,28-31,34-37H2,1-4H3. The molecule has 0 aliphatic heterocycles. The summed E-state index contributed by atoms with van der Waals surface area (Å²) < 4.78 is 23.3. The highest BCUT2D eigenvalue weighted by Gasteiger charge is 2.36. The van der Waals surface area contributed by atoms with Gasteiger partial charge in [-0.2, -0.15) is 0 Å². The van der Waals surface area contributed by atoms with Gasteiger partial charge in [0.1, 0.15) is 0 Å². The fraction of sp³-hybridized carbons (Fsp3) is 0.667. The van der Waals surface area contributed by atoms with Crippen LogP contribution in [-0.2, 0) is 18.9 Å². The van der Waals surface area contributed by atoms with E-state index < -0.39 is 23.9 Å². The molecule has 0 heterocycles. The van der Waals surface area contributed by atoms with E-state index >= 15 is 0 Å². The molecule has 0 aliphatic carbocycles. The number of rotatable bonds is 33. The molecule has 2 aromatic carbocycles. The van der Waals surface area contributed by atoms with Gasteiger partial charge in [0, 0.05) is 0 Å². The maximum atomic E-state index is 14.3. The van der Waals surface area contributed by atoms with Crippen LogP contribution in [0.4, 0.5) is 0 Å². The minimum absolute atomic E-state index is 0.103. The van der Waals surface area contributed by atoms with Gasteiger partial charge in [0.15, 0.2) is 0 Å². The number of unbranched alkanes of at least 4 members (excludes halogenated alkanes) is 20. The molecule has 0 amide bonds. The van der Waals surface area contributed by atoms with Crippen LogP contribution in [0, 0.1) is 0 Å². The third kappa shape index (κ3) is 19.0. The average molecular weight is 779 g/mol. The number of ether oxygens (including phenoxy) is 4. The first-order valence-electron chi connectivity index (χ1n) is 22.4. The fourth-order valence-electron chi connectivity index (χ4n) is 6.80. The van der Waals surface area contributed by atoms with Crippen LogP contribution in [-0.4, -0.2) is 50.3 Å². The average Bonchev–Trinajstić information content (AvgIpc) is 3.21. The summed E-state index contributed by atoms with van der Waals surface area (Å²) in [7, 11) is 0. The third-order valence-corrected chi connectivity index (χ3v) is 10.2. The van der Waals surface area contributed by atoms with Crippen LogP contribution >= 0.6 is 0 Å². The van der Waals surface area contributed by atoms with Crippen LogP contribution in [0.25, 0.3) is 11.1 Å². The summed E-state index contributed by atoms with van der Waals surface area (Å²) >= 11 is 0. The second kappa shape index (κ2) is 31.4. The Labute approximate surface area is 339 Å². The Morgan fingerprint density at radius 3 is 1.09 bits per heavy atom. The van der Waals surface area contributed by atoms with Crippen LogP contribution in [0.2, 0.25) is 0 Å². The molecule has 0 saturated heterocycles. The van der Waals surface area contributed by atoms with Crippen molar-refractivity contribution in [3.05, 3.63) is 58.7 Å². The number of hydrogen-bond donors (Lipinski definition) is 0. The molecular formula is C48H74O8. The number of carbonyl (C=O) groups is 4. The van der Waals surface area contributed by atoms with Crippen molar-refractivity contribution in [1.82, 2.24) is 0 Å². The Kier molecular flexibility index (Phi) is 27.2. The lowest BCUT2D eigenvalue weighted by Gasteiger charge is -2.20. The molecule has 0 aliphatic rings. The van der Waals surface area contributed by atoms with Crippen molar-refractivity contribution in [3.63, 3.8) is 0 Å². The maximum Gasteiger partial charge on any atom is 0.339 e. The molecule has 2 aromatic rings. The molecule has 0 fully saturated rings. The van der Waals surface area contributed by atoms with E-state index in [0.717, 1.165) is 128 Å². The van der Waals surface area contributed by atoms with E-state index in [9.17, 15) is 19.2 Å². The maximum absolute atomic E-state index is 14.3. The zero-order valence-electron chi connectivity index (χ0n) is 35.5. The number of benzene rings is 2. The molecular weight excluding hydrogens is 705 g/mol. The Hall–Kier alpha value is -3.68. The highest BCUT2D eigenvalue weighted by molar-refractivity contribution is 6.18. The molecule has 0 unspecified atom stereocenters. The quantitative estimate of drug-likeness (QED) is 0.0401. The van der Waals surface area contributed by atoms with Crippen LogP contribution in [0.1, 0.15) is 223 Å². The van der Waals surface area contributed by atoms with Gasteiger partial charge in [0.25, 0.3) is 0 Å². The lowest BCUT2D eigenvalue weighted by molar-refractivity contribution is 0.0415. The van der Waals surface area contributed by atoms with Crippen molar-refractivity contribution < 1.29 is 38.1 Å².